The molecule has 0 atom stereocenters. The predicted molar refractivity (Wildman–Crippen MR) is 106 cm³/mol. The van der Waals surface area contributed by atoms with E-state index in [1.807, 2.05) is 31.2 Å². The molecule has 3 heterocycles. The summed E-state index contributed by atoms with van der Waals surface area (Å²) in [6.07, 6.45) is 4.62. The lowest BCUT2D eigenvalue weighted by molar-refractivity contribution is -0.136. The molecular formula is C21H21N5O3. The van der Waals surface area contributed by atoms with Gasteiger partial charge >= 0.3 is 0 Å². The number of nitrogens with zero attached hydrogens (tertiary/aromatic N) is 4. The van der Waals surface area contributed by atoms with Crippen LogP contribution in [0.2, 0.25) is 0 Å². The number of nitrogens with one attached hydrogen (secondary N) is 1. The lowest BCUT2D eigenvalue weighted by Crippen LogP contribution is -2.38. The fraction of sp³-hybridized carbons (Fsp3) is 0.286. The van der Waals surface area contributed by atoms with Gasteiger partial charge in [-0.3, -0.25) is 24.6 Å². The molecule has 0 saturated carbocycles. The van der Waals surface area contributed by atoms with Crippen molar-refractivity contribution in [2.45, 2.75) is 19.8 Å². The Hall–Kier alpha value is -3.55. The minimum absolute atomic E-state index is 0.0331. The van der Waals surface area contributed by atoms with E-state index in [1.165, 1.54) is 7.05 Å². The molecule has 0 saturated heterocycles. The smallest absolute Gasteiger partial charge is 0.277 e. The molecule has 2 aromatic rings. The van der Waals surface area contributed by atoms with Crippen LogP contribution in [0.4, 0.5) is 5.95 Å². The minimum atomic E-state index is -0.351. The number of hydrogen-bond donors (Lipinski definition) is 1. The van der Waals surface area contributed by atoms with Gasteiger partial charge in [-0.15, -0.1) is 0 Å². The molecular weight excluding hydrogens is 370 g/mol. The second-order valence-corrected chi connectivity index (χ2v) is 7.18. The van der Waals surface area contributed by atoms with Crippen molar-refractivity contribution in [3.8, 4) is 11.1 Å². The maximum Gasteiger partial charge on any atom is 0.277 e. The first-order chi connectivity index (χ1) is 14.0. The first kappa shape index (κ1) is 18.8. The monoisotopic (exact) mass is 391 g/mol. The first-order valence-corrected chi connectivity index (χ1v) is 9.44. The van der Waals surface area contributed by atoms with Crippen LogP contribution >= 0.6 is 0 Å². The van der Waals surface area contributed by atoms with Gasteiger partial charge in [0.1, 0.15) is 5.70 Å². The van der Waals surface area contributed by atoms with Crippen LogP contribution in [0.25, 0.3) is 11.1 Å². The molecule has 2 aliphatic heterocycles. The topological polar surface area (TPSA) is 95.5 Å². The van der Waals surface area contributed by atoms with Crippen LogP contribution in [-0.2, 0) is 14.4 Å². The molecule has 3 amide bonds. The second-order valence-electron chi connectivity index (χ2n) is 7.18. The molecule has 0 aliphatic carbocycles. The molecule has 1 aromatic carbocycles. The molecule has 1 aromatic heterocycles. The van der Waals surface area contributed by atoms with Crippen molar-refractivity contribution < 1.29 is 14.4 Å². The van der Waals surface area contributed by atoms with E-state index in [1.54, 1.807) is 17.3 Å². The highest BCUT2D eigenvalue weighted by atomic mass is 16.2. The maximum atomic E-state index is 12.5. The quantitative estimate of drug-likeness (QED) is 0.798. The highest BCUT2D eigenvalue weighted by molar-refractivity contribution is 6.19. The van der Waals surface area contributed by atoms with E-state index in [0.717, 1.165) is 28.0 Å². The van der Waals surface area contributed by atoms with Gasteiger partial charge in [0.2, 0.25) is 11.9 Å². The third-order valence-corrected chi connectivity index (χ3v) is 5.22. The average molecular weight is 391 g/mol. The largest absolute Gasteiger partial charge is 0.357 e. The summed E-state index contributed by atoms with van der Waals surface area (Å²) in [7, 11) is 1.46. The van der Waals surface area contributed by atoms with Crippen LogP contribution < -0.4 is 5.32 Å². The SMILES string of the molecule is Cc1ccccc1-c1cnc(NC(=O)CN2CCCC3=C2C(=O)N(C)C3=O)nc1. The van der Waals surface area contributed by atoms with Crippen LogP contribution in [0, 0.1) is 6.92 Å². The Kier molecular flexibility index (Phi) is 4.84. The third kappa shape index (κ3) is 3.49. The lowest BCUT2D eigenvalue weighted by atomic mass is 10.0. The Morgan fingerprint density at radius 1 is 1.14 bits per heavy atom. The molecule has 0 spiro atoms. The summed E-state index contributed by atoms with van der Waals surface area (Å²) in [5.41, 5.74) is 3.85. The zero-order valence-corrected chi connectivity index (χ0v) is 16.3. The fourth-order valence-corrected chi connectivity index (χ4v) is 3.72. The van der Waals surface area contributed by atoms with E-state index >= 15 is 0 Å². The number of likely N-dealkylation sites (N-methyl/N-ethyl adjacent to an activating group) is 1. The molecule has 1 N–H and O–H groups in total. The Balaban J connectivity index is 1.44. The summed E-state index contributed by atoms with van der Waals surface area (Å²) < 4.78 is 0. The summed E-state index contributed by atoms with van der Waals surface area (Å²) >= 11 is 0. The molecule has 2 aliphatic rings. The lowest BCUT2D eigenvalue weighted by Gasteiger charge is -2.28. The molecule has 0 radical (unpaired) electrons. The summed E-state index contributed by atoms with van der Waals surface area (Å²) in [5, 5.41) is 2.66. The summed E-state index contributed by atoms with van der Waals surface area (Å²) in [6.45, 7) is 2.53. The number of aromatic nitrogens is 2. The number of imide groups is 1. The van der Waals surface area contributed by atoms with Crippen LogP contribution in [0.3, 0.4) is 0 Å². The Morgan fingerprint density at radius 3 is 2.59 bits per heavy atom. The zero-order valence-electron chi connectivity index (χ0n) is 16.3. The van der Waals surface area contributed by atoms with Gasteiger partial charge in [-0.1, -0.05) is 24.3 Å². The van der Waals surface area contributed by atoms with Crippen molar-refractivity contribution in [2.24, 2.45) is 0 Å². The van der Waals surface area contributed by atoms with Crippen LogP contribution in [0.1, 0.15) is 18.4 Å². The number of anilines is 1. The molecule has 29 heavy (non-hydrogen) atoms. The average Bonchev–Trinajstić information content (AvgIpc) is 2.94. The third-order valence-electron chi connectivity index (χ3n) is 5.22. The number of amides is 3. The highest BCUT2D eigenvalue weighted by Gasteiger charge is 2.40. The van der Waals surface area contributed by atoms with Crippen molar-refractivity contribution in [1.82, 2.24) is 19.8 Å². The molecule has 8 heteroatoms. The Morgan fingerprint density at radius 2 is 1.86 bits per heavy atom. The van der Waals surface area contributed by atoms with Gasteiger partial charge in [-0.25, -0.2) is 9.97 Å². The zero-order chi connectivity index (χ0) is 20.5. The normalized spacial score (nSPS) is 16.3. The molecule has 4 rings (SSSR count). The van der Waals surface area contributed by atoms with Crippen LogP contribution in [0.5, 0.6) is 0 Å². The van der Waals surface area contributed by atoms with Crippen LogP contribution in [-0.4, -0.2) is 57.6 Å². The number of carbonyl (C=O) groups excluding carboxylic acids is 3. The number of aryl methyl sites for hydroxylation is 1. The van der Waals surface area contributed by atoms with Crippen molar-refractivity contribution in [1.29, 1.82) is 0 Å². The van der Waals surface area contributed by atoms with E-state index in [-0.39, 0.29) is 30.2 Å². The van der Waals surface area contributed by atoms with Gasteiger partial charge in [-0.05, 0) is 30.9 Å². The minimum Gasteiger partial charge on any atom is -0.357 e. The van der Waals surface area contributed by atoms with Crippen molar-refractivity contribution in [3.63, 3.8) is 0 Å². The van der Waals surface area contributed by atoms with Gasteiger partial charge in [0, 0.05) is 37.1 Å². The van der Waals surface area contributed by atoms with E-state index < -0.39 is 0 Å². The Labute approximate surface area is 168 Å². The second kappa shape index (κ2) is 7.46. The number of rotatable bonds is 4. The van der Waals surface area contributed by atoms with Gasteiger partial charge in [0.15, 0.2) is 0 Å². The van der Waals surface area contributed by atoms with Crippen LogP contribution in [0.15, 0.2) is 47.9 Å². The van der Waals surface area contributed by atoms with E-state index in [2.05, 4.69) is 15.3 Å². The molecule has 0 fully saturated rings. The van der Waals surface area contributed by atoms with E-state index in [0.29, 0.717) is 24.2 Å². The first-order valence-electron chi connectivity index (χ1n) is 9.44. The molecule has 8 nitrogen and oxygen atoms in total. The highest BCUT2D eigenvalue weighted by Crippen LogP contribution is 2.30. The van der Waals surface area contributed by atoms with E-state index in [9.17, 15) is 14.4 Å². The van der Waals surface area contributed by atoms with Crippen molar-refractivity contribution in [2.75, 3.05) is 25.5 Å². The predicted octanol–water partition coefficient (Wildman–Crippen LogP) is 1.74. The van der Waals surface area contributed by atoms with Crippen molar-refractivity contribution in [3.05, 3.63) is 53.5 Å². The maximum absolute atomic E-state index is 12.5. The van der Waals surface area contributed by atoms with Gasteiger partial charge in [0.25, 0.3) is 11.8 Å². The van der Waals surface area contributed by atoms with Crippen molar-refractivity contribution >= 4 is 23.7 Å². The Bertz CT molecular complexity index is 1030. The fourth-order valence-electron chi connectivity index (χ4n) is 3.72. The van der Waals surface area contributed by atoms with E-state index in [4.69, 9.17) is 0 Å². The summed E-state index contributed by atoms with van der Waals surface area (Å²) in [5.74, 6) is -0.761. The van der Waals surface area contributed by atoms with Gasteiger partial charge < -0.3 is 4.90 Å². The van der Waals surface area contributed by atoms with Gasteiger partial charge in [-0.2, -0.15) is 0 Å². The standard InChI is InChI=1S/C21H21N5O3/c1-13-6-3-4-7-15(13)14-10-22-21(23-11-14)24-17(27)12-26-9-5-8-16-18(26)20(29)25(2)19(16)28/h3-4,6-7,10-11H,5,8-9,12H2,1-2H3,(H,22,23,24,27). The molecule has 0 unspecified atom stereocenters. The number of hydrogen-bond acceptors (Lipinski definition) is 6. The summed E-state index contributed by atoms with van der Waals surface area (Å²) in [6, 6.07) is 7.92. The number of benzene rings is 1. The molecule has 148 valence electrons. The number of carbonyl (C=O) groups is 3. The molecule has 0 bridgehead atoms. The van der Waals surface area contributed by atoms with Gasteiger partial charge in [0.05, 0.1) is 6.54 Å². The summed E-state index contributed by atoms with van der Waals surface area (Å²) in [4.78, 5) is 48.2.